The van der Waals surface area contributed by atoms with Crippen molar-refractivity contribution in [2.45, 2.75) is 19.0 Å². The molecule has 184 valence electrons. The minimum atomic E-state index is 0.285. The summed E-state index contributed by atoms with van der Waals surface area (Å²) in [6.07, 6.45) is 4.75. The van der Waals surface area contributed by atoms with Gasteiger partial charge in [0.15, 0.2) is 5.65 Å². The first-order valence-corrected chi connectivity index (χ1v) is 12.3. The molecule has 11 nitrogen and oxygen atoms in total. The molecule has 1 atom stereocenters. The Bertz CT molecular complexity index is 1510. The van der Waals surface area contributed by atoms with Gasteiger partial charge in [-0.2, -0.15) is 10.1 Å². The summed E-state index contributed by atoms with van der Waals surface area (Å²) in [7, 11) is 0. The quantitative estimate of drug-likeness (QED) is 0.378. The number of benzene rings is 1. The average molecular weight is 486 g/mol. The van der Waals surface area contributed by atoms with E-state index >= 15 is 0 Å². The highest BCUT2D eigenvalue weighted by molar-refractivity contribution is 5.81. The molecule has 2 fully saturated rings. The maximum absolute atomic E-state index is 5.47. The summed E-state index contributed by atoms with van der Waals surface area (Å²) in [5.41, 5.74) is 5.59. The van der Waals surface area contributed by atoms with Crippen LogP contribution in [0.2, 0.25) is 0 Å². The predicted octanol–water partition coefficient (Wildman–Crippen LogP) is 3.01. The number of fused-ring (bicyclic) bond motifs is 2. The first kappa shape index (κ1) is 21.5. The van der Waals surface area contributed by atoms with Crippen LogP contribution in [0.15, 0.2) is 48.8 Å². The van der Waals surface area contributed by atoms with Crippen molar-refractivity contribution in [2.75, 3.05) is 44.8 Å². The van der Waals surface area contributed by atoms with Crippen molar-refractivity contribution < 1.29 is 9.47 Å². The van der Waals surface area contributed by atoms with Crippen molar-refractivity contribution in [3.8, 4) is 11.3 Å². The summed E-state index contributed by atoms with van der Waals surface area (Å²) >= 11 is 0. The van der Waals surface area contributed by atoms with E-state index < -0.39 is 0 Å². The molecule has 4 aromatic heterocycles. The van der Waals surface area contributed by atoms with Crippen LogP contribution in [0.5, 0.6) is 0 Å². The number of H-pyrrole nitrogens is 1. The molecule has 0 radical (unpaired) electrons. The maximum atomic E-state index is 5.47. The Morgan fingerprint density at radius 3 is 2.89 bits per heavy atom. The zero-order valence-electron chi connectivity index (χ0n) is 19.8. The van der Waals surface area contributed by atoms with Crippen molar-refractivity contribution in [1.29, 1.82) is 0 Å². The van der Waals surface area contributed by atoms with Crippen LogP contribution in [-0.4, -0.2) is 78.8 Å². The number of hydrogen-bond acceptors (Lipinski definition) is 8. The molecule has 2 aliphatic heterocycles. The van der Waals surface area contributed by atoms with Gasteiger partial charge in [-0.1, -0.05) is 12.1 Å². The molecule has 0 amide bonds. The zero-order chi connectivity index (χ0) is 23.9. The Kier molecular flexibility index (Phi) is 5.38. The number of ether oxygens (including phenoxy) is 2. The molecule has 0 bridgehead atoms. The van der Waals surface area contributed by atoms with E-state index in [0.717, 1.165) is 85.3 Å². The Morgan fingerprint density at radius 1 is 1.06 bits per heavy atom. The number of pyridine rings is 1. The van der Waals surface area contributed by atoms with Gasteiger partial charge in [-0.05, 0) is 30.7 Å². The van der Waals surface area contributed by atoms with Gasteiger partial charge < -0.3 is 19.8 Å². The number of anilines is 2. The second-order valence-electron chi connectivity index (χ2n) is 9.27. The standard InChI is InChI=1S/C25H27N9O2/c1-2-22(17-4-5-20-21(12-17)29-23(28-20)15-32-7-10-35-11-8-32)34-24(3-1)30-25(31-34)27-18-13-26-33(14-18)19-6-9-36-16-19/h1-5,12-14,19H,6-11,15-16H2,(H,27,31)(H,28,29). The first-order chi connectivity index (χ1) is 17.8. The molecular formula is C25H27N9O2. The van der Waals surface area contributed by atoms with Crippen molar-refractivity contribution in [3.05, 3.63) is 54.6 Å². The molecule has 2 aliphatic rings. The van der Waals surface area contributed by atoms with E-state index in [1.54, 1.807) is 6.20 Å². The first-order valence-electron chi connectivity index (χ1n) is 12.3. The minimum absolute atomic E-state index is 0.285. The maximum Gasteiger partial charge on any atom is 0.247 e. The van der Waals surface area contributed by atoms with Crippen LogP contribution in [0.25, 0.3) is 27.9 Å². The summed E-state index contributed by atoms with van der Waals surface area (Å²) < 4.78 is 14.7. The van der Waals surface area contributed by atoms with Gasteiger partial charge in [0.05, 0.1) is 61.0 Å². The largest absolute Gasteiger partial charge is 0.379 e. The molecular weight excluding hydrogens is 458 g/mol. The van der Waals surface area contributed by atoms with Gasteiger partial charge in [-0.25, -0.2) is 9.50 Å². The Hall–Kier alpha value is -3.80. The fourth-order valence-corrected chi connectivity index (χ4v) is 4.91. The average Bonchev–Trinajstić information content (AvgIpc) is 3.70. The minimum Gasteiger partial charge on any atom is -0.379 e. The molecule has 0 saturated carbocycles. The predicted molar refractivity (Wildman–Crippen MR) is 134 cm³/mol. The normalized spacial score (nSPS) is 18.9. The monoisotopic (exact) mass is 485 g/mol. The SMILES string of the molecule is c1cc(-c2ccc3nc(CN4CCOCC4)[nH]c3c2)n2nc(Nc3cnn(C4CCOC4)c3)nc2c1. The summed E-state index contributed by atoms with van der Waals surface area (Å²) in [5, 5.41) is 12.5. The molecule has 2 saturated heterocycles. The van der Waals surface area contributed by atoms with Gasteiger partial charge in [0.2, 0.25) is 5.95 Å². The number of aromatic nitrogens is 7. The smallest absolute Gasteiger partial charge is 0.247 e. The molecule has 2 N–H and O–H groups in total. The lowest BCUT2D eigenvalue weighted by Gasteiger charge is -2.25. The van der Waals surface area contributed by atoms with E-state index in [-0.39, 0.29) is 6.04 Å². The number of rotatable bonds is 6. The van der Waals surface area contributed by atoms with E-state index in [0.29, 0.717) is 12.6 Å². The van der Waals surface area contributed by atoms with E-state index in [9.17, 15) is 0 Å². The van der Waals surface area contributed by atoms with Crippen LogP contribution >= 0.6 is 0 Å². The van der Waals surface area contributed by atoms with Crippen LogP contribution in [-0.2, 0) is 16.0 Å². The van der Waals surface area contributed by atoms with Crippen LogP contribution < -0.4 is 5.32 Å². The summed E-state index contributed by atoms with van der Waals surface area (Å²) in [6, 6.07) is 12.6. The number of imidazole rings is 1. The van der Waals surface area contributed by atoms with Crippen molar-refractivity contribution in [1.82, 2.24) is 39.2 Å². The Labute approximate surface area is 207 Å². The second-order valence-corrected chi connectivity index (χ2v) is 9.27. The van der Waals surface area contributed by atoms with Gasteiger partial charge in [-0.15, -0.1) is 5.10 Å². The molecule has 7 rings (SSSR count). The van der Waals surface area contributed by atoms with Gasteiger partial charge in [0.1, 0.15) is 5.82 Å². The molecule has 6 heterocycles. The Balaban J connectivity index is 1.15. The zero-order valence-corrected chi connectivity index (χ0v) is 19.8. The number of nitrogens with one attached hydrogen (secondary N) is 2. The highest BCUT2D eigenvalue weighted by Gasteiger charge is 2.19. The lowest BCUT2D eigenvalue weighted by atomic mass is 10.1. The number of morpholine rings is 1. The van der Waals surface area contributed by atoms with Gasteiger partial charge in [-0.3, -0.25) is 9.58 Å². The third kappa shape index (κ3) is 4.11. The van der Waals surface area contributed by atoms with Crippen molar-refractivity contribution >= 4 is 28.3 Å². The lowest BCUT2D eigenvalue weighted by Crippen LogP contribution is -2.35. The molecule has 1 aromatic carbocycles. The summed E-state index contributed by atoms with van der Waals surface area (Å²) in [6.45, 7) is 5.70. The van der Waals surface area contributed by atoms with Gasteiger partial charge in [0.25, 0.3) is 0 Å². The van der Waals surface area contributed by atoms with Crippen LogP contribution in [0.1, 0.15) is 18.3 Å². The van der Waals surface area contributed by atoms with E-state index in [1.807, 2.05) is 27.5 Å². The number of hydrogen-bond donors (Lipinski definition) is 2. The summed E-state index contributed by atoms with van der Waals surface area (Å²) in [5.74, 6) is 1.50. The fraction of sp³-hybridized carbons (Fsp3) is 0.360. The molecule has 1 unspecified atom stereocenters. The molecule has 0 spiro atoms. The van der Waals surface area contributed by atoms with Crippen molar-refractivity contribution in [2.24, 2.45) is 0 Å². The topological polar surface area (TPSA) is 110 Å². The van der Waals surface area contributed by atoms with Crippen LogP contribution in [0.3, 0.4) is 0 Å². The third-order valence-corrected chi connectivity index (χ3v) is 6.80. The van der Waals surface area contributed by atoms with Crippen LogP contribution in [0.4, 0.5) is 11.6 Å². The van der Waals surface area contributed by atoms with Gasteiger partial charge >= 0.3 is 0 Å². The molecule has 5 aromatic rings. The fourth-order valence-electron chi connectivity index (χ4n) is 4.91. The van der Waals surface area contributed by atoms with Gasteiger partial charge in [0, 0.05) is 31.5 Å². The van der Waals surface area contributed by atoms with Crippen molar-refractivity contribution in [3.63, 3.8) is 0 Å². The number of nitrogens with zero attached hydrogens (tertiary/aromatic N) is 7. The Morgan fingerprint density at radius 2 is 2.00 bits per heavy atom. The molecule has 0 aliphatic carbocycles. The van der Waals surface area contributed by atoms with Crippen LogP contribution in [0, 0.1) is 0 Å². The second kappa shape index (κ2) is 9.01. The van der Waals surface area contributed by atoms with E-state index in [2.05, 4.69) is 49.5 Å². The molecule has 11 heteroatoms. The highest BCUT2D eigenvalue weighted by Crippen LogP contribution is 2.26. The highest BCUT2D eigenvalue weighted by atomic mass is 16.5. The number of aromatic amines is 1. The van der Waals surface area contributed by atoms with E-state index in [1.165, 1.54) is 0 Å². The lowest BCUT2D eigenvalue weighted by molar-refractivity contribution is 0.0332. The third-order valence-electron chi connectivity index (χ3n) is 6.80. The molecule has 36 heavy (non-hydrogen) atoms. The summed E-state index contributed by atoms with van der Waals surface area (Å²) in [4.78, 5) is 15.3. The van der Waals surface area contributed by atoms with E-state index in [4.69, 9.17) is 19.6 Å².